The van der Waals surface area contributed by atoms with E-state index in [0.29, 0.717) is 0 Å². The summed E-state index contributed by atoms with van der Waals surface area (Å²) in [6.45, 7) is 0. The predicted molar refractivity (Wildman–Crippen MR) is 74.9 cm³/mol. The second-order valence-corrected chi connectivity index (χ2v) is 4.53. The third-order valence-electron chi connectivity index (χ3n) is 2.08. The van der Waals surface area contributed by atoms with Gasteiger partial charge in [-0.3, -0.25) is 9.78 Å². The number of hydrazone groups is 1. The van der Waals surface area contributed by atoms with Gasteiger partial charge in [-0.25, -0.2) is 10.4 Å². The van der Waals surface area contributed by atoms with Gasteiger partial charge in [0.25, 0.3) is 0 Å². The molecule has 0 aliphatic rings. The van der Waals surface area contributed by atoms with E-state index in [4.69, 9.17) is 0 Å². The Morgan fingerprint density at radius 2 is 2.26 bits per heavy atom. The Bertz CT molecular complexity index is 545. The summed E-state index contributed by atoms with van der Waals surface area (Å²) in [4.78, 5) is 19.6. The highest BCUT2D eigenvalue weighted by molar-refractivity contribution is 7.99. The number of rotatable bonds is 5. The summed E-state index contributed by atoms with van der Waals surface area (Å²) in [5.41, 5.74) is 3.29. The predicted octanol–water partition coefficient (Wildman–Crippen LogP) is 1.72. The van der Waals surface area contributed by atoms with Crippen molar-refractivity contribution in [3.05, 3.63) is 54.5 Å². The molecule has 0 aromatic carbocycles. The summed E-state index contributed by atoms with van der Waals surface area (Å²) in [7, 11) is 0. The van der Waals surface area contributed by atoms with Gasteiger partial charge in [0, 0.05) is 24.2 Å². The molecule has 2 heterocycles. The number of amides is 1. The Morgan fingerprint density at radius 3 is 3.00 bits per heavy atom. The molecule has 2 aromatic heterocycles. The molecule has 0 fully saturated rings. The van der Waals surface area contributed by atoms with Crippen LogP contribution in [0.2, 0.25) is 0 Å². The third-order valence-corrected chi connectivity index (χ3v) is 3.02. The standard InChI is InChI=1S/C13H12N4OS/c18-12(10-19-13-5-1-2-7-15-13)17-16-9-11-4-3-6-14-8-11/h1-9H,10H2,(H,17,18)/b16-9-. The van der Waals surface area contributed by atoms with E-state index in [-0.39, 0.29) is 11.7 Å². The molecule has 2 aromatic rings. The number of pyridine rings is 2. The number of hydrogen-bond acceptors (Lipinski definition) is 5. The van der Waals surface area contributed by atoms with Crippen LogP contribution in [0.3, 0.4) is 0 Å². The molecule has 6 heteroatoms. The van der Waals surface area contributed by atoms with Gasteiger partial charge < -0.3 is 0 Å². The summed E-state index contributed by atoms with van der Waals surface area (Å²) in [6.07, 6.45) is 6.59. The van der Waals surface area contributed by atoms with Crippen LogP contribution in [-0.2, 0) is 4.79 Å². The quantitative estimate of drug-likeness (QED) is 0.511. The Labute approximate surface area is 115 Å². The van der Waals surface area contributed by atoms with Crippen molar-refractivity contribution in [1.29, 1.82) is 0 Å². The normalized spacial score (nSPS) is 10.5. The van der Waals surface area contributed by atoms with Crippen molar-refractivity contribution in [1.82, 2.24) is 15.4 Å². The maximum Gasteiger partial charge on any atom is 0.250 e. The fraction of sp³-hybridized carbons (Fsp3) is 0.0769. The minimum atomic E-state index is -0.171. The van der Waals surface area contributed by atoms with Gasteiger partial charge in [-0.05, 0) is 18.2 Å². The van der Waals surface area contributed by atoms with Gasteiger partial charge in [0.15, 0.2) is 0 Å². The van der Waals surface area contributed by atoms with Crippen LogP contribution in [0.5, 0.6) is 0 Å². The van der Waals surface area contributed by atoms with E-state index in [2.05, 4.69) is 20.5 Å². The molecule has 0 aliphatic heterocycles. The largest absolute Gasteiger partial charge is 0.272 e. The number of carbonyl (C=O) groups excluding carboxylic acids is 1. The van der Waals surface area contributed by atoms with E-state index in [0.717, 1.165) is 10.6 Å². The van der Waals surface area contributed by atoms with Crippen LogP contribution in [0.1, 0.15) is 5.56 Å². The molecule has 19 heavy (non-hydrogen) atoms. The zero-order valence-corrected chi connectivity index (χ0v) is 10.9. The van der Waals surface area contributed by atoms with Crippen LogP contribution >= 0.6 is 11.8 Å². The van der Waals surface area contributed by atoms with E-state index in [1.807, 2.05) is 24.3 Å². The second-order valence-electron chi connectivity index (χ2n) is 3.54. The molecule has 96 valence electrons. The summed E-state index contributed by atoms with van der Waals surface area (Å²) in [6, 6.07) is 9.23. The molecule has 1 N–H and O–H groups in total. The smallest absolute Gasteiger partial charge is 0.250 e. The fourth-order valence-electron chi connectivity index (χ4n) is 1.24. The van der Waals surface area contributed by atoms with Gasteiger partial charge in [0.1, 0.15) is 0 Å². The number of aromatic nitrogens is 2. The summed E-state index contributed by atoms with van der Waals surface area (Å²) in [5, 5.41) is 4.67. The lowest BCUT2D eigenvalue weighted by Gasteiger charge is -1.99. The highest BCUT2D eigenvalue weighted by Crippen LogP contribution is 2.12. The van der Waals surface area contributed by atoms with Crippen molar-refractivity contribution < 1.29 is 4.79 Å². The SMILES string of the molecule is O=C(CSc1ccccn1)N/N=C\c1cccnc1. The van der Waals surface area contributed by atoms with Gasteiger partial charge >= 0.3 is 0 Å². The molecule has 0 saturated heterocycles. The molecular formula is C13H12N4OS. The summed E-state index contributed by atoms with van der Waals surface area (Å²) >= 11 is 1.37. The number of carbonyl (C=O) groups is 1. The molecule has 0 aliphatic carbocycles. The number of hydrogen-bond donors (Lipinski definition) is 1. The molecular weight excluding hydrogens is 260 g/mol. The average molecular weight is 272 g/mol. The van der Waals surface area contributed by atoms with Crippen molar-refractivity contribution in [3.63, 3.8) is 0 Å². The van der Waals surface area contributed by atoms with E-state index in [1.54, 1.807) is 30.9 Å². The first kappa shape index (κ1) is 13.2. The molecule has 5 nitrogen and oxygen atoms in total. The van der Waals surface area contributed by atoms with Crippen LogP contribution in [0.15, 0.2) is 59.0 Å². The molecule has 0 spiro atoms. The highest BCUT2D eigenvalue weighted by Gasteiger charge is 2.01. The van der Waals surface area contributed by atoms with Crippen molar-refractivity contribution in [2.24, 2.45) is 5.10 Å². The zero-order valence-electron chi connectivity index (χ0n) is 10.1. The minimum absolute atomic E-state index is 0.171. The van der Waals surface area contributed by atoms with Crippen molar-refractivity contribution in [2.75, 3.05) is 5.75 Å². The van der Waals surface area contributed by atoms with Crippen molar-refractivity contribution >= 4 is 23.9 Å². The molecule has 0 bridgehead atoms. The molecule has 2 rings (SSSR count). The van der Waals surface area contributed by atoms with Crippen LogP contribution in [-0.4, -0.2) is 27.8 Å². The Morgan fingerprint density at radius 1 is 1.32 bits per heavy atom. The Hall–Kier alpha value is -2.21. The Balaban J connectivity index is 1.75. The van der Waals surface area contributed by atoms with Gasteiger partial charge in [-0.15, -0.1) is 0 Å². The molecule has 0 unspecified atom stereocenters. The molecule has 0 atom stereocenters. The maximum atomic E-state index is 11.5. The van der Waals surface area contributed by atoms with Gasteiger partial charge in [-0.2, -0.15) is 5.10 Å². The summed E-state index contributed by atoms with van der Waals surface area (Å²) in [5.74, 6) is 0.109. The monoisotopic (exact) mass is 272 g/mol. The van der Waals surface area contributed by atoms with Crippen molar-refractivity contribution in [3.8, 4) is 0 Å². The lowest BCUT2D eigenvalue weighted by molar-refractivity contribution is -0.118. The lowest BCUT2D eigenvalue weighted by atomic mass is 10.3. The zero-order chi connectivity index (χ0) is 13.3. The molecule has 1 amide bonds. The first-order chi connectivity index (χ1) is 9.34. The molecule has 0 saturated carbocycles. The average Bonchev–Trinajstić information content (AvgIpc) is 2.47. The fourth-order valence-corrected chi connectivity index (χ4v) is 1.89. The van der Waals surface area contributed by atoms with E-state index >= 15 is 0 Å². The van der Waals surface area contributed by atoms with Crippen LogP contribution in [0.4, 0.5) is 0 Å². The molecule has 0 radical (unpaired) electrons. The summed E-state index contributed by atoms with van der Waals surface area (Å²) < 4.78 is 0. The van der Waals surface area contributed by atoms with Gasteiger partial charge in [-0.1, -0.05) is 23.9 Å². The van der Waals surface area contributed by atoms with Gasteiger partial charge in [0.2, 0.25) is 5.91 Å². The first-order valence-electron chi connectivity index (χ1n) is 5.60. The van der Waals surface area contributed by atoms with E-state index < -0.39 is 0 Å². The van der Waals surface area contributed by atoms with Crippen LogP contribution in [0, 0.1) is 0 Å². The highest BCUT2D eigenvalue weighted by atomic mass is 32.2. The Kier molecular flexibility index (Phi) is 5.06. The topological polar surface area (TPSA) is 67.2 Å². The van der Waals surface area contributed by atoms with Gasteiger partial charge in [0.05, 0.1) is 17.0 Å². The van der Waals surface area contributed by atoms with Crippen LogP contribution in [0.25, 0.3) is 0 Å². The third kappa shape index (κ3) is 4.89. The minimum Gasteiger partial charge on any atom is -0.272 e. The lowest BCUT2D eigenvalue weighted by Crippen LogP contribution is -2.19. The number of nitrogens with zero attached hydrogens (tertiary/aromatic N) is 3. The van der Waals surface area contributed by atoms with Crippen molar-refractivity contribution in [2.45, 2.75) is 5.03 Å². The first-order valence-corrected chi connectivity index (χ1v) is 6.59. The number of thioether (sulfide) groups is 1. The van der Waals surface area contributed by atoms with Crippen LogP contribution < -0.4 is 5.43 Å². The van der Waals surface area contributed by atoms with E-state index in [1.165, 1.54) is 11.8 Å². The number of nitrogens with one attached hydrogen (secondary N) is 1. The van der Waals surface area contributed by atoms with E-state index in [9.17, 15) is 4.79 Å². The maximum absolute atomic E-state index is 11.5. The second kappa shape index (κ2) is 7.27.